The monoisotopic (exact) mass is 395 g/mol. The molecule has 0 spiro atoms. The lowest BCUT2D eigenvalue weighted by atomic mass is 10.2. The Bertz CT molecular complexity index is 1240. The zero-order chi connectivity index (χ0) is 20.5. The fraction of sp³-hybridized carbons (Fsp3) is 0.250. The Kier molecular flexibility index (Phi) is 4.71. The molecule has 9 nitrogen and oxygen atoms in total. The Balaban J connectivity index is 1.76. The number of nitrogens with one attached hydrogen (secondary N) is 1. The molecule has 0 aliphatic carbocycles. The van der Waals surface area contributed by atoms with Crippen molar-refractivity contribution >= 4 is 22.4 Å². The third-order valence-electron chi connectivity index (χ3n) is 4.81. The molecule has 9 heteroatoms. The van der Waals surface area contributed by atoms with Crippen LogP contribution in [0.4, 0.5) is 5.69 Å². The molecule has 0 aliphatic rings. The van der Waals surface area contributed by atoms with E-state index in [0.717, 1.165) is 11.2 Å². The van der Waals surface area contributed by atoms with Crippen LogP contribution >= 0.6 is 0 Å². The molecule has 2 aromatic heterocycles. The lowest BCUT2D eigenvalue weighted by molar-refractivity contribution is 0.324. The SMILES string of the molecule is COc1cc(NCc2nnc3n(C)c(=O)c4ccccc4n23)cc(OC)c1OC. The predicted octanol–water partition coefficient (Wildman–Crippen LogP) is 2.22. The van der Waals surface area contributed by atoms with Crippen LogP contribution in [-0.2, 0) is 13.6 Å². The predicted molar refractivity (Wildman–Crippen MR) is 109 cm³/mol. The molecule has 29 heavy (non-hydrogen) atoms. The molecule has 0 amide bonds. The van der Waals surface area contributed by atoms with Crippen LogP contribution in [0.25, 0.3) is 16.7 Å². The molecular formula is C20H21N5O4. The first kappa shape index (κ1) is 18.6. The summed E-state index contributed by atoms with van der Waals surface area (Å²) in [6.07, 6.45) is 0. The van der Waals surface area contributed by atoms with Gasteiger partial charge in [-0.2, -0.15) is 0 Å². The van der Waals surface area contributed by atoms with Gasteiger partial charge < -0.3 is 19.5 Å². The largest absolute Gasteiger partial charge is 0.493 e. The molecule has 0 fully saturated rings. The number of hydrogen-bond acceptors (Lipinski definition) is 7. The van der Waals surface area contributed by atoms with E-state index in [1.807, 2.05) is 34.7 Å². The van der Waals surface area contributed by atoms with E-state index in [1.165, 1.54) is 4.57 Å². The number of para-hydroxylation sites is 1. The number of benzene rings is 2. The summed E-state index contributed by atoms with van der Waals surface area (Å²) in [7, 11) is 6.39. The Morgan fingerprint density at radius 2 is 1.69 bits per heavy atom. The zero-order valence-electron chi connectivity index (χ0n) is 16.6. The lowest BCUT2D eigenvalue weighted by Gasteiger charge is -2.15. The van der Waals surface area contributed by atoms with Gasteiger partial charge >= 0.3 is 0 Å². The Morgan fingerprint density at radius 1 is 1.00 bits per heavy atom. The van der Waals surface area contributed by atoms with Crippen LogP contribution in [-0.4, -0.2) is 40.5 Å². The molecule has 0 atom stereocenters. The summed E-state index contributed by atoms with van der Waals surface area (Å²) < 4.78 is 19.5. The van der Waals surface area contributed by atoms with Gasteiger partial charge in [-0.3, -0.25) is 13.8 Å². The molecule has 2 heterocycles. The van der Waals surface area contributed by atoms with Crippen molar-refractivity contribution in [1.29, 1.82) is 0 Å². The number of ether oxygens (including phenoxy) is 3. The zero-order valence-corrected chi connectivity index (χ0v) is 16.6. The fourth-order valence-electron chi connectivity index (χ4n) is 3.37. The van der Waals surface area contributed by atoms with Gasteiger partial charge in [-0.1, -0.05) is 12.1 Å². The van der Waals surface area contributed by atoms with Gasteiger partial charge in [0, 0.05) is 24.9 Å². The van der Waals surface area contributed by atoms with E-state index in [-0.39, 0.29) is 5.56 Å². The van der Waals surface area contributed by atoms with E-state index >= 15 is 0 Å². The molecule has 1 N–H and O–H groups in total. The summed E-state index contributed by atoms with van der Waals surface area (Å²) in [6, 6.07) is 11.0. The molecule has 150 valence electrons. The maximum absolute atomic E-state index is 12.6. The van der Waals surface area contributed by atoms with Gasteiger partial charge in [-0.15, -0.1) is 10.2 Å². The maximum Gasteiger partial charge on any atom is 0.262 e. The van der Waals surface area contributed by atoms with Crippen molar-refractivity contribution in [3.05, 3.63) is 52.6 Å². The summed E-state index contributed by atoms with van der Waals surface area (Å²) in [5.74, 6) is 2.77. The van der Waals surface area contributed by atoms with E-state index in [2.05, 4.69) is 15.5 Å². The van der Waals surface area contributed by atoms with E-state index in [1.54, 1.807) is 34.4 Å². The van der Waals surface area contributed by atoms with Gasteiger partial charge in [0.2, 0.25) is 11.5 Å². The quantitative estimate of drug-likeness (QED) is 0.535. The molecule has 0 saturated carbocycles. The standard InChI is InChI=1S/C20H21N5O4/c1-24-19(26)13-7-5-6-8-14(13)25-17(22-23-20(24)25)11-21-12-9-15(27-2)18(29-4)16(10-12)28-3/h5-10,21H,11H2,1-4H3. The number of aryl methyl sites for hydroxylation is 1. The van der Waals surface area contributed by atoms with E-state index < -0.39 is 0 Å². The molecular weight excluding hydrogens is 374 g/mol. The van der Waals surface area contributed by atoms with Crippen molar-refractivity contribution in [2.24, 2.45) is 7.05 Å². The number of rotatable bonds is 6. The number of fused-ring (bicyclic) bond motifs is 3. The molecule has 0 radical (unpaired) electrons. The molecule has 0 saturated heterocycles. The number of anilines is 1. The fourth-order valence-corrected chi connectivity index (χ4v) is 3.37. The Labute approximate surface area is 166 Å². The summed E-state index contributed by atoms with van der Waals surface area (Å²) >= 11 is 0. The first-order valence-electron chi connectivity index (χ1n) is 8.94. The third kappa shape index (κ3) is 3.00. The van der Waals surface area contributed by atoms with Crippen molar-refractivity contribution in [2.75, 3.05) is 26.6 Å². The van der Waals surface area contributed by atoms with Gasteiger partial charge in [-0.25, -0.2) is 0 Å². The van der Waals surface area contributed by atoms with Crippen LogP contribution in [0, 0.1) is 0 Å². The van der Waals surface area contributed by atoms with Crippen molar-refractivity contribution in [1.82, 2.24) is 19.2 Å². The maximum atomic E-state index is 12.6. The normalized spacial score (nSPS) is 11.0. The van der Waals surface area contributed by atoms with Gasteiger partial charge in [-0.05, 0) is 12.1 Å². The van der Waals surface area contributed by atoms with Crippen LogP contribution in [0.15, 0.2) is 41.2 Å². The Morgan fingerprint density at radius 3 is 2.34 bits per heavy atom. The summed E-state index contributed by atoms with van der Waals surface area (Å²) in [4.78, 5) is 12.6. The van der Waals surface area contributed by atoms with Gasteiger partial charge in [0.25, 0.3) is 5.56 Å². The minimum absolute atomic E-state index is 0.107. The van der Waals surface area contributed by atoms with Crippen LogP contribution in [0.1, 0.15) is 5.82 Å². The van der Waals surface area contributed by atoms with E-state index in [0.29, 0.717) is 40.8 Å². The molecule has 4 rings (SSSR count). The van der Waals surface area contributed by atoms with E-state index in [4.69, 9.17) is 14.2 Å². The molecule has 0 bridgehead atoms. The van der Waals surface area contributed by atoms with Crippen LogP contribution in [0.5, 0.6) is 17.2 Å². The molecule has 0 aliphatic heterocycles. The Hall–Kier alpha value is -3.75. The average Bonchev–Trinajstić information content (AvgIpc) is 3.19. The molecule has 4 aromatic rings. The highest BCUT2D eigenvalue weighted by Crippen LogP contribution is 2.40. The van der Waals surface area contributed by atoms with Crippen molar-refractivity contribution in [2.45, 2.75) is 6.54 Å². The second-order valence-electron chi connectivity index (χ2n) is 6.40. The highest BCUT2D eigenvalue weighted by atomic mass is 16.5. The van der Waals surface area contributed by atoms with Gasteiger partial charge in [0.15, 0.2) is 17.3 Å². The van der Waals surface area contributed by atoms with Crippen LogP contribution in [0.3, 0.4) is 0 Å². The van der Waals surface area contributed by atoms with Crippen LogP contribution < -0.4 is 25.1 Å². The number of hydrogen-bond donors (Lipinski definition) is 1. The topological polar surface area (TPSA) is 91.9 Å². The second-order valence-corrected chi connectivity index (χ2v) is 6.40. The summed E-state index contributed by atoms with van der Waals surface area (Å²) in [5, 5.41) is 12.4. The minimum atomic E-state index is -0.107. The highest BCUT2D eigenvalue weighted by molar-refractivity contribution is 5.80. The molecule has 2 aromatic carbocycles. The van der Waals surface area contributed by atoms with Gasteiger partial charge in [0.05, 0.1) is 38.8 Å². The number of methoxy groups -OCH3 is 3. The lowest BCUT2D eigenvalue weighted by Crippen LogP contribution is -2.20. The smallest absolute Gasteiger partial charge is 0.262 e. The third-order valence-corrected chi connectivity index (χ3v) is 4.81. The summed E-state index contributed by atoms with van der Waals surface area (Å²) in [6.45, 7) is 0.377. The first-order chi connectivity index (χ1) is 14.1. The second kappa shape index (κ2) is 7.34. The summed E-state index contributed by atoms with van der Waals surface area (Å²) in [5.41, 5.74) is 1.42. The van der Waals surface area contributed by atoms with Crippen molar-refractivity contribution in [3.8, 4) is 17.2 Å². The minimum Gasteiger partial charge on any atom is -0.493 e. The molecule has 0 unspecified atom stereocenters. The van der Waals surface area contributed by atoms with E-state index in [9.17, 15) is 4.79 Å². The number of nitrogens with zero attached hydrogens (tertiary/aromatic N) is 4. The van der Waals surface area contributed by atoms with Gasteiger partial charge in [0.1, 0.15) is 0 Å². The van der Waals surface area contributed by atoms with Crippen molar-refractivity contribution < 1.29 is 14.2 Å². The first-order valence-corrected chi connectivity index (χ1v) is 8.94. The van der Waals surface area contributed by atoms with Crippen molar-refractivity contribution in [3.63, 3.8) is 0 Å². The number of aromatic nitrogens is 4. The highest BCUT2D eigenvalue weighted by Gasteiger charge is 2.16. The average molecular weight is 395 g/mol. The van der Waals surface area contributed by atoms with Crippen LogP contribution in [0.2, 0.25) is 0 Å².